The van der Waals surface area contributed by atoms with E-state index in [-0.39, 0.29) is 12.4 Å². The number of halogens is 2. The zero-order chi connectivity index (χ0) is 11.4. The first-order valence-corrected chi connectivity index (χ1v) is 5.68. The van der Waals surface area contributed by atoms with E-state index < -0.39 is 0 Å². The molecular weight excluding hydrogens is 304 g/mol. The Labute approximate surface area is 115 Å². The van der Waals surface area contributed by atoms with Crippen molar-refractivity contribution in [3.8, 4) is 5.75 Å². The highest BCUT2D eigenvalue weighted by Gasteiger charge is 2.04. The molecule has 3 nitrogen and oxygen atoms in total. The average Bonchev–Trinajstić information content (AvgIpc) is 2.30. The van der Waals surface area contributed by atoms with Crippen LogP contribution < -0.4 is 27.4 Å². The van der Waals surface area contributed by atoms with Crippen LogP contribution in [0.1, 0.15) is 0 Å². The van der Waals surface area contributed by atoms with E-state index in [1.165, 1.54) is 0 Å². The molecule has 0 bridgehead atoms. The third-order valence-electron chi connectivity index (χ3n) is 2.17. The van der Waals surface area contributed by atoms with Crippen LogP contribution in [0.3, 0.4) is 0 Å². The van der Waals surface area contributed by atoms with E-state index in [2.05, 4.69) is 15.9 Å². The average molecular weight is 316 g/mol. The Bertz CT molecular complexity index is 448. The summed E-state index contributed by atoms with van der Waals surface area (Å²) in [5.74, 6) is 1.48. The number of nitrogens with zero attached hydrogens (tertiary/aromatic N) is 1. The third-order valence-corrected chi connectivity index (χ3v) is 2.83. The van der Waals surface area contributed by atoms with Crippen LogP contribution >= 0.6 is 15.9 Å². The maximum atomic E-state index is 5.79. The van der Waals surface area contributed by atoms with Crippen molar-refractivity contribution in [2.45, 2.75) is 6.73 Å². The van der Waals surface area contributed by atoms with Gasteiger partial charge in [-0.2, -0.15) is 4.57 Å². The number of hydrogen-bond donors (Lipinski definition) is 1. The van der Waals surface area contributed by atoms with Crippen LogP contribution in [0.4, 0.5) is 5.82 Å². The monoisotopic (exact) mass is 314 g/mol. The number of ether oxygens (including phenoxy) is 1. The first kappa shape index (κ1) is 13.8. The van der Waals surface area contributed by atoms with Crippen LogP contribution in [0.2, 0.25) is 0 Å². The van der Waals surface area contributed by atoms with E-state index in [0.717, 1.165) is 10.2 Å². The molecule has 0 unspecified atom stereocenters. The van der Waals surface area contributed by atoms with Crippen LogP contribution in [0, 0.1) is 0 Å². The van der Waals surface area contributed by atoms with E-state index >= 15 is 0 Å². The van der Waals surface area contributed by atoms with Gasteiger partial charge in [0.05, 0.1) is 10.7 Å². The molecule has 90 valence electrons. The molecular formula is C12H12BrClN2O. The van der Waals surface area contributed by atoms with Crippen molar-refractivity contribution in [1.82, 2.24) is 0 Å². The summed E-state index contributed by atoms with van der Waals surface area (Å²) in [7, 11) is 0. The number of para-hydroxylation sites is 1. The van der Waals surface area contributed by atoms with Crippen molar-refractivity contribution in [2.24, 2.45) is 0 Å². The van der Waals surface area contributed by atoms with Gasteiger partial charge < -0.3 is 17.1 Å². The molecule has 0 aliphatic rings. The SMILES string of the molecule is Nc1cccc[n+]1COc1ccccc1Br.[Cl-]. The van der Waals surface area contributed by atoms with Crippen molar-refractivity contribution in [1.29, 1.82) is 0 Å². The molecule has 2 rings (SSSR count). The predicted molar refractivity (Wildman–Crippen MR) is 65.8 cm³/mol. The second kappa shape index (κ2) is 6.47. The first-order valence-electron chi connectivity index (χ1n) is 4.88. The summed E-state index contributed by atoms with van der Waals surface area (Å²) < 4.78 is 8.41. The molecule has 1 heterocycles. The molecule has 0 radical (unpaired) electrons. The molecule has 1 aromatic heterocycles. The Morgan fingerprint density at radius 3 is 2.53 bits per heavy atom. The molecule has 2 N–H and O–H groups in total. The molecule has 0 amide bonds. The zero-order valence-electron chi connectivity index (χ0n) is 9.01. The summed E-state index contributed by atoms with van der Waals surface area (Å²) in [4.78, 5) is 0. The molecule has 0 aliphatic heterocycles. The molecule has 2 aromatic rings. The van der Waals surface area contributed by atoms with Crippen molar-refractivity contribution in [2.75, 3.05) is 5.73 Å². The fourth-order valence-corrected chi connectivity index (χ4v) is 1.71. The minimum absolute atomic E-state index is 0. The lowest BCUT2D eigenvalue weighted by atomic mass is 10.3. The Balaban J connectivity index is 0.00000144. The number of aromatic nitrogens is 1. The van der Waals surface area contributed by atoms with Gasteiger partial charge in [0.1, 0.15) is 5.75 Å². The van der Waals surface area contributed by atoms with Gasteiger partial charge in [-0.25, -0.2) is 0 Å². The Kier molecular flexibility index (Phi) is 5.25. The molecule has 0 saturated carbocycles. The van der Waals surface area contributed by atoms with Crippen molar-refractivity contribution >= 4 is 21.7 Å². The van der Waals surface area contributed by atoms with Crippen LogP contribution in [-0.2, 0) is 6.73 Å². The smallest absolute Gasteiger partial charge is 0.275 e. The molecule has 0 saturated heterocycles. The Morgan fingerprint density at radius 1 is 1.12 bits per heavy atom. The van der Waals surface area contributed by atoms with Crippen molar-refractivity contribution < 1.29 is 21.7 Å². The summed E-state index contributed by atoms with van der Waals surface area (Å²) in [5, 5.41) is 0. The van der Waals surface area contributed by atoms with Crippen LogP contribution in [0.25, 0.3) is 0 Å². The van der Waals surface area contributed by atoms with Crippen molar-refractivity contribution in [3.63, 3.8) is 0 Å². The van der Waals surface area contributed by atoms with Gasteiger partial charge in [0, 0.05) is 6.07 Å². The molecule has 17 heavy (non-hydrogen) atoms. The predicted octanol–water partition coefficient (Wildman–Crippen LogP) is -0.641. The minimum atomic E-state index is 0. The van der Waals surface area contributed by atoms with Gasteiger partial charge in [-0.3, -0.25) is 5.73 Å². The van der Waals surface area contributed by atoms with Crippen molar-refractivity contribution in [3.05, 3.63) is 53.1 Å². The minimum Gasteiger partial charge on any atom is -1.00 e. The first-order chi connectivity index (χ1) is 7.77. The highest BCUT2D eigenvalue weighted by molar-refractivity contribution is 9.10. The quantitative estimate of drug-likeness (QED) is 0.765. The number of benzene rings is 1. The van der Waals surface area contributed by atoms with E-state index in [0.29, 0.717) is 12.5 Å². The van der Waals surface area contributed by atoms with Gasteiger partial charge in [0.2, 0.25) is 6.73 Å². The fraction of sp³-hybridized carbons (Fsp3) is 0.0833. The van der Waals surface area contributed by atoms with Gasteiger partial charge in [-0.05, 0) is 34.1 Å². The molecule has 0 spiro atoms. The van der Waals surface area contributed by atoms with Crippen LogP contribution in [-0.4, -0.2) is 0 Å². The number of nitrogens with two attached hydrogens (primary N) is 1. The highest BCUT2D eigenvalue weighted by atomic mass is 79.9. The lowest BCUT2D eigenvalue weighted by molar-refractivity contribution is -0.711. The number of hydrogen-bond acceptors (Lipinski definition) is 2. The third kappa shape index (κ3) is 3.61. The maximum Gasteiger partial charge on any atom is 0.275 e. The number of nitrogen functional groups attached to an aromatic ring is 1. The molecule has 0 aliphatic carbocycles. The number of rotatable bonds is 3. The molecule has 1 aromatic carbocycles. The van der Waals surface area contributed by atoms with Gasteiger partial charge in [-0.1, -0.05) is 18.2 Å². The summed E-state index contributed by atoms with van der Waals surface area (Å²) >= 11 is 3.42. The van der Waals surface area contributed by atoms with Gasteiger partial charge >= 0.3 is 0 Å². The van der Waals surface area contributed by atoms with Gasteiger partial charge in [0.15, 0.2) is 0 Å². The second-order valence-electron chi connectivity index (χ2n) is 3.30. The number of pyridine rings is 1. The van der Waals surface area contributed by atoms with E-state index in [1.54, 1.807) is 0 Å². The van der Waals surface area contributed by atoms with Crippen LogP contribution in [0.5, 0.6) is 5.75 Å². The zero-order valence-corrected chi connectivity index (χ0v) is 11.4. The Hall–Kier alpha value is -1.26. The Morgan fingerprint density at radius 2 is 1.82 bits per heavy atom. The van der Waals surface area contributed by atoms with Gasteiger partial charge in [-0.15, -0.1) is 0 Å². The lowest BCUT2D eigenvalue weighted by Gasteiger charge is -2.07. The van der Waals surface area contributed by atoms with E-state index in [9.17, 15) is 0 Å². The summed E-state index contributed by atoms with van der Waals surface area (Å²) in [6, 6.07) is 13.4. The lowest BCUT2D eigenvalue weighted by Crippen LogP contribution is -3.00. The normalized spacial score (nSPS) is 9.47. The standard InChI is InChI=1S/C12H11BrN2O.ClH/c13-10-5-1-2-6-11(10)16-9-15-8-4-3-7-12(15)14;/h1-8,14H,9H2;1H. The fourth-order valence-electron chi connectivity index (χ4n) is 1.31. The number of anilines is 1. The second-order valence-corrected chi connectivity index (χ2v) is 4.15. The van der Waals surface area contributed by atoms with E-state index in [1.807, 2.05) is 53.2 Å². The molecule has 0 fully saturated rings. The topological polar surface area (TPSA) is 39.1 Å². The summed E-state index contributed by atoms with van der Waals surface area (Å²) in [5.41, 5.74) is 5.79. The van der Waals surface area contributed by atoms with E-state index in [4.69, 9.17) is 10.5 Å². The highest BCUT2D eigenvalue weighted by Crippen LogP contribution is 2.23. The van der Waals surface area contributed by atoms with Gasteiger partial charge in [0.25, 0.3) is 5.82 Å². The molecule has 5 heteroatoms. The largest absolute Gasteiger partial charge is 1.00 e. The summed E-state index contributed by atoms with van der Waals surface area (Å²) in [6.07, 6.45) is 1.88. The van der Waals surface area contributed by atoms with Crippen LogP contribution in [0.15, 0.2) is 53.1 Å². The maximum absolute atomic E-state index is 5.79. The summed E-state index contributed by atoms with van der Waals surface area (Å²) in [6.45, 7) is 0.398. The molecule has 0 atom stereocenters.